The Morgan fingerprint density at radius 2 is 1.84 bits per heavy atom. The summed E-state index contributed by atoms with van der Waals surface area (Å²) in [5.41, 5.74) is 5.37. The first-order chi connectivity index (χ1) is 9.02. The maximum absolute atomic E-state index is 8.95. The van der Waals surface area contributed by atoms with Gasteiger partial charge in [-0.15, -0.1) is 0 Å². The lowest BCUT2D eigenvalue weighted by Crippen LogP contribution is -2.11. The maximum atomic E-state index is 8.95. The Hall–Kier alpha value is -1.79. The molecular weight excluding hydrogens is 300 g/mol. The molecular formula is C16H15BrN2. The van der Waals surface area contributed by atoms with E-state index in [9.17, 15) is 0 Å². The number of hydrogen-bond donors (Lipinski definition) is 0. The molecule has 0 aliphatic heterocycles. The lowest BCUT2D eigenvalue weighted by molar-refractivity contribution is 1.17. The smallest absolute Gasteiger partial charge is 0.100 e. The van der Waals surface area contributed by atoms with Gasteiger partial charge in [-0.3, -0.25) is 0 Å². The Balaban J connectivity index is 2.41. The highest BCUT2D eigenvalue weighted by atomic mass is 79.9. The molecule has 0 aliphatic rings. The lowest BCUT2D eigenvalue weighted by atomic mass is 10.1. The van der Waals surface area contributed by atoms with Crippen molar-refractivity contribution in [2.45, 2.75) is 13.8 Å². The molecule has 3 heteroatoms. The first-order valence-electron chi connectivity index (χ1n) is 6.03. The van der Waals surface area contributed by atoms with Gasteiger partial charge in [-0.1, -0.05) is 17.7 Å². The van der Waals surface area contributed by atoms with Crippen LogP contribution in [0.4, 0.5) is 11.4 Å². The number of nitrogens with zero attached hydrogens (tertiary/aromatic N) is 2. The van der Waals surface area contributed by atoms with Crippen molar-refractivity contribution >= 4 is 27.3 Å². The Morgan fingerprint density at radius 1 is 1.11 bits per heavy atom. The van der Waals surface area contributed by atoms with Crippen LogP contribution in [0.3, 0.4) is 0 Å². The van der Waals surface area contributed by atoms with Crippen LogP contribution in [0, 0.1) is 25.2 Å². The fourth-order valence-corrected chi connectivity index (χ4v) is 2.58. The van der Waals surface area contributed by atoms with Crippen LogP contribution in [0.1, 0.15) is 16.7 Å². The Bertz CT molecular complexity index is 656. The minimum absolute atomic E-state index is 0.651. The van der Waals surface area contributed by atoms with Crippen molar-refractivity contribution in [3.8, 4) is 6.07 Å². The quantitative estimate of drug-likeness (QED) is 0.803. The summed E-state index contributed by atoms with van der Waals surface area (Å²) in [7, 11) is 2.03. The van der Waals surface area contributed by atoms with E-state index in [0.717, 1.165) is 10.2 Å². The van der Waals surface area contributed by atoms with E-state index in [1.807, 2.05) is 25.2 Å². The van der Waals surface area contributed by atoms with E-state index in [1.165, 1.54) is 16.8 Å². The van der Waals surface area contributed by atoms with Crippen molar-refractivity contribution in [1.29, 1.82) is 5.26 Å². The zero-order chi connectivity index (χ0) is 14.0. The van der Waals surface area contributed by atoms with Gasteiger partial charge in [-0.05, 0) is 59.6 Å². The van der Waals surface area contributed by atoms with E-state index >= 15 is 0 Å². The molecule has 0 N–H and O–H groups in total. The molecule has 0 unspecified atom stereocenters. The van der Waals surface area contributed by atoms with Crippen LogP contribution in [0.15, 0.2) is 40.9 Å². The van der Waals surface area contributed by atoms with E-state index in [4.69, 9.17) is 5.26 Å². The number of benzene rings is 2. The highest BCUT2D eigenvalue weighted by Crippen LogP contribution is 2.30. The highest BCUT2D eigenvalue weighted by molar-refractivity contribution is 9.10. The highest BCUT2D eigenvalue weighted by Gasteiger charge is 2.09. The van der Waals surface area contributed by atoms with Gasteiger partial charge in [0.2, 0.25) is 0 Å². The lowest BCUT2D eigenvalue weighted by Gasteiger charge is -2.22. The predicted molar refractivity (Wildman–Crippen MR) is 82.8 cm³/mol. The number of aryl methyl sites for hydroxylation is 2. The van der Waals surface area contributed by atoms with Crippen molar-refractivity contribution in [3.05, 3.63) is 57.6 Å². The summed E-state index contributed by atoms with van der Waals surface area (Å²) in [5.74, 6) is 0. The van der Waals surface area contributed by atoms with Crippen molar-refractivity contribution < 1.29 is 0 Å². The van der Waals surface area contributed by atoms with Crippen LogP contribution < -0.4 is 4.90 Å². The molecule has 0 aliphatic carbocycles. The Morgan fingerprint density at radius 3 is 2.42 bits per heavy atom. The fraction of sp³-hybridized carbons (Fsp3) is 0.188. The van der Waals surface area contributed by atoms with E-state index in [0.29, 0.717) is 5.56 Å². The van der Waals surface area contributed by atoms with Gasteiger partial charge < -0.3 is 4.90 Å². The van der Waals surface area contributed by atoms with Gasteiger partial charge in [-0.25, -0.2) is 0 Å². The van der Waals surface area contributed by atoms with Crippen LogP contribution in [0.5, 0.6) is 0 Å². The Kier molecular flexibility index (Phi) is 3.92. The van der Waals surface area contributed by atoms with Gasteiger partial charge in [-0.2, -0.15) is 5.26 Å². The van der Waals surface area contributed by atoms with Crippen LogP contribution in [-0.4, -0.2) is 7.05 Å². The van der Waals surface area contributed by atoms with Crippen molar-refractivity contribution in [2.75, 3.05) is 11.9 Å². The molecule has 0 saturated carbocycles. The van der Waals surface area contributed by atoms with Crippen LogP contribution in [0.25, 0.3) is 0 Å². The summed E-state index contributed by atoms with van der Waals surface area (Å²) >= 11 is 3.43. The third-order valence-corrected chi connectivity index (χ3v) is 3.83. The number of hydrogen-bond acceptors (Lipinski definition) is 2. The molecule has 0 radical (unpaired) electrons. The molecule has 0 heterocycles. The Labute approximate surface area is 122 Å². The molecule has 0 saturated heterocycles. The molecule has 2 aromatic carbocycles. The first kappa shape index (κ1) is 13.6. The number of halogens is 1. The van der Waals surface area contributed by atoms with E-state index in [1.54, 1.807) is 0 Å². The maximum Gasteiger partial charge on any atom is 0.100 e. The van der Waals surface area contributed by atoms with Crippen LogP contribution in [0.2, 0.25) is 0 Å². The van der Waals surface area contributed by atoms with Gasteiger partial charge in [0.15, 0.2) is 0 Å². The fourth-order valence-electron chi connectivity index (χ4n) is 2.12. The average Bonchev–Trinajstić information content (AvgIpc) is 2.38. The molecule has 0 spiro atoms. The second kappa shape index (κ2) is 5.46. The van der Waals surface area contributed by atoms with Gasteiger partial charge in [0.1, 0.15) is 6.07 Å². The molecule has 0 bridgehead atoms. The molecule has 2 rings (SSSR count). The summed E-state index contributed by atoms with van der Waals surface area (Å²) in [5, 5.41) is 8.95. The number of anilines is 2. The van der Waals surface area contributed by atoms with E-state index in [2.05, 4.69) is 58.9 Å². The van der Waals surface area contributed by atoms with E-state index < -0.39 is 0 Å². The first-order valence-corrected chi connectivity index (χ1v) is 6.83. The monoisotopic (exact) mass is 314 g/mol. The topological polar surface area (TPSA) is 27.0 Å². The largest absolute Gasteiger partial charge is 0.344 e. The van der Waals surface area contributed by atoms with Crippen LogP contribution in [-0.2, 0) is 0 Å². The molecule has 2 nitrogen and oxygen atoms in total. The molecule has 0 amide bonds. The molecule has 96 valence electrons. The normalized spacial score (nSPS) is 10.1. The van der Waals surface area contributed by atoms with Crippen molar-refractivity contribution in [1.82, 2.24) is 0 Å². The van der Waals surface area contributed by atoms with E-state index in [-0.39, 0.29) is 0 Å². The average molecular weight is 315 g/mol. The van der Waals surface area contributed by atoms with Gasteiger partial charge in [0.05, 0.1) is 5.56 Å². The van der Waals surface area contributed by atoms with Crippen molar-refractivity contribution in [3.63, 3.8) is 0 Å². The summed E-state index contributed by atoms with van der Waals surface area (Å²) in [6.45, 7) is 4.20. The zero-order valence-electron chi connectivity index (χ0n) is 11.2. The standard InChI is InChI=1S/C16H15BrN2/c1-11-4-7-16(12(2)8-11)19(3)14-6-5-13(10-18)15(17)9-14/h4-9H,1-3H3. The van der Waals surface area contributed by atoms with Crippen molar-refractivity contribution in [2.24, 2.45) is 0 Å². The number of nitriles is 1. The molecule has 0 aromatic heterocycles. The second-order valence-electron chi connectivity index (χ2n) is 4.62. The molecule has 0 atom stereocenters. The second-order valence-corrected chi connectivity index (χ2v) is 5.48. The predicted octanol–water partition coefficient (Wildman–Crippen LogP) is 4.71. The summed E-state index contributed by atoms with van der Waals surface area (Å²) in [6.07, 6.45) is 0. The molecule has 19 heavy (non-hydrogen) atoms. The third-order valence-electron chi connectivity index (χ3n) is 3.17. The molecule has 0 fully saturated rings. The SMILES string of the molecule is Cc1ccc(N(C)c2ccc(C#N)c(Br)c2)c(C)c1. The van der Waals surface area contributed by atoms with Gasteiger partial charge >= 0.3 is 0 Å². The number of rotatable bonds is 2. The minimum atomic E-state index is 0.651. The third kappa shape index (κ3) is 2.80. The summed E-state index contributed by atoms with van der Waals surface area (Å²) < 4.78 is 0.823. The minimum Gasteiger partial charge on any atom is -0.344 e. The van der Waals surface area contributed by atoms with Gasteiger partial charge in [0, 0.05) is 22.9 Å². The summed E-state index contributed by atoms with van der Waals surface area (Å²) in [6, 6.07) is 14.3. The molecule has 2 aromatic rings. The summed E-state index contributed by atoms with van der Waals surface area (Å²) in [4.78, 5) is 2.13. The van der Waals surface area contributed by atoms with Gasteiger partial charge in [0.25, 0.3) is 0 Å². The zero-order valence-corrected chi connectivity index (χ0v) is 12.8. The van der Waals surface area contributed by atoms with Crippen LogP contribution >= 0.6 is 15.9 Å².